The Balaban J connectivity index is 0.581. The number of rotatable bonds is 45. The number of aromatic nitrogens is 11. The van der Waals surface area contributed by atoms with E-state index >= 15 is 0 Å². The van der Waals surface area contributed by atoms with Crippen LogP contribution in [0.1, 0.15) is 58.2 Å². The molecule has 36 heteroatoms. The molecule has 0 unspecified atom stereocenters. The van der Waals surface area contributed by atoms with Crippen molar-refractivity contribution in [1.82, 2.24) is 52.8 Å². The summed E-state index contributed by atoms with van der Waals surface area (Å²) in [5, 5.41) is 29.6. The van der Waals surface area contributed by atoms with Gasteiger partial charge in [-0.2, -0.15) is 4.98 Å². The van der Waals surface area contributed by atoms with Crippen LogP contribution in [0, 0.1) is 0 Å². The number of aryl methyl sites for hydroxylation is 5. The first-order valence-electron chi connectivity index (χ1n) is 32.5. The van der Waals surface area contributed by atoms with Gasteiger partial charge >= 0.3 is 6.09 Å². The normalized spacial score (nSPS) is 11.1. The van der Waals surface area contributed by atoms with Crippen molar-refractivity contribution in [2.24, 2.45) is 35.2 Å². The van der Waals surface area contributed by atoms with Gasteiger partial charge in [-0.3, -0.25) is 44.2 Å². The van der Waals surface area contributed by atoms with Crippen LogP contribution in [0.3, 0.4) is 0 Å². The molecule has 6 aromatic heterocycles. The summed E-state index contributed by atoms with van der Waals surface area (Å²) < 4.78 is 59.1. The molecule has 0 atom stereocenters. The van der Waals surface area contributed by atoms with E-state index in [0.717, 1.165) is 5.56 Å². The molecule has 0 spiro atoms. The second-order valence-electron chi connectivity index (χ2n) is 22.6. The lowest BCUT2D eigenvalue weighted by Gasteiger charge is -2.10. The Kier molecular flexibility index (Phi) is 30.6. The van der Waals surface area contributed by atoms with Crippen molar-refractivity contribution in [1.29, 1.82) is 0 Å². The van der Waals surface area contributed by atoms with Crippen molar-refractivity contribution in [3.63, 3.8) is 0 Å². The molecule has 0 bridgehead atoms. The number of anilines is 8. The first-order chi connectivity index (χ1) is 49.4. The van der Waals surface area contributed by atoms with Gasteiger partial charge < -0.3 is 97.4 Å². The van der Waals surface area contributed by atoms with E-state index < -0.39 is 47.4 Å². The van der Waals surface area contributed by atoms with E-state index in [4.69, 9.17) is 42.6 Å². The van der Waals surface area contributed by atoms with Crippen LogP contribution in [0.5, 0.6) is 5.75 Å². The predicted octanol–water partition coefficient (Wildman–Crippen LogP) is 4.50. The maximum Gasteiger partial charge on any atom is 0.411 e. The van der Waals surface area contributed by atoms with Crippen LogP contribution in [0.15, 0.2) is 110 Å². The molecule has 102 heavy (non-hydrogen) atoms. The molecule has 0 aliphatic carbocycles. The Morgan fingerprint density at radius 3 is 1.45 bits per heavy atom. The molecule has 546 valence electrons. The maximum atomic E-state index is 13.3. The predicted molar refractivity (Wildman–Crippen MR) is 370 cm³/mol. The van der Waals surface area contributed by atoms with Crippen molar-refractivity contribution in [3.05, 3.63) is 133 Å². The summed E-state index contributed by atoms with van der Waals surface area (Å²) >= 11 is 0. The van der Waals surface area contributed by atoms with Gasteiger partial charge in [-0.25, -0.2) is 19.4 Å². The standard InChI is InChI=1S/C66H85N19O17/c1-80-20-19-67-61(80)63(91)68-48-37-54(81(2)40-48)75-58(88)17-15-56(86)71-52-43-83(4)62(73-52)64(92)69-49-38-55(82(3)41-49)76-59(89)18-16-57(87)72-53-44-84(5)65(74-53)77-60(90)39-50-42-85(79-78-50)21-22-94-23-24-95-25-26-96-27-28-97-29-30-98-31-32-99-33-34-100-35-36-101-51-13-11-47(12-14-51)70-66(93)102-45-46-9-7-6-8-10-46/h6-14,19-20,37-38,40-44H,15-18,21-36,39,45H2,1-5H3,(H,68,91)(H,69,92)(H,70,93)(H,71,86)(H,72,87)(H,75,88)(H,76,89)(H,74,77,90). The summed E-state index contributed by atoms with van der Waals surface area (Å²) in [6, 6.07) is 19.5. The lowest BCUT2D eigenvalue weighted by Crippen LogP contribution is -2.19. The molecule has 8 amide bonds. The van der Waals surface area contributed by atoms with Gasteiger partial charge in [0, 0.05) is 122 Å². The van der Waals surface area contributed by atoms with E-state index in [9.17, 15) is 38.4 Å². The SMILES string of the molecule is Cn1cc(NC(=O)c2nc(NC(=O)CCC(=O)Nc3cc(NC(=O)c4nccn4C)cn3C)cn2C)cc1NC(=O)CCC(=O)Nc1cn(C)c(NC(=O)Cc2cn(CCOCCOCCOCCOCCOCCOCCOCCOc3ccc(NC(=O)OCc4ccccc4)cc3)nn2)n1. The summed E-state index contributed by atoms with van der Waals surface area (Å²) in [7, 11) is 8.22. The van der Waals surface area contributed by atoms with Gasteiger partial charge in [0.2, 0.25) is 41.3 Å². The number of nitrogens with zero attached hydrogens (tertiary/aromatic N) is 11. The van der Waals surface area contributed by atoms with Gasteiger partial charge in [0.1, 0.15) is 30.6 Å². The number of carbonyl (C=O) groups is 8. The molecule has 0 fully saturated rings. The van der Waals surface area contributed by atoms with Gasteiger partial charge in [0.25, 0.3) is 11.8 Å². The van der Waals surface area contributed by atoms with Crippen LogP contribution in [0.4, 0.5) is 51.1 Å². The molecule has 8 N–H and O–H groups in total. The molecule has 8 aromatic rings. The average molecular weight is 1420 g/mol. The molecule has 6 heterocycles. The number of hydrogen-bond donors (Lipinski definition) is 8. The van der Waals surface area contributed by atoms with Crippen molar-refractivity contribution in [3.8, 4) is 5.75 Å². The van der Waals surface area contributed by atoms with Crippen LogP contribution < -0.4 is 47.3 Å². The van der Waals surface area contributed by atoms with E-state index in [0.29, 0.717) is 146 Å². The number of benzene rings is 2. The summed E-state index contributed by atoms with van der Waals surface area (Å²) in [6.45, 7) is 6.60. The molecule has 0 aliphatic heterocycles. The Labute approximate surface area is 586 Å². The second-order valence-corrected chi connectivity index (χ2v) is 22.6. The number of hydrogen-bond acceptors (Lipinski definition) is 22. The van der Waals surface area contributed by atoms with E-state index in [2.05, 4.69) is 67.8 Å². The monoisotopic (exact) mass is 1420 g/mol. The Morgan fingerprint density at radius 1 is 0.431 bits per heavy atom. The van der Waals surface area contributed by atoms with Crippen molar-refractivity contribution >= 4 is 93.7 Å². The highest BCUT2D eigenvalue weighted by Crippen LogP contribution is 2.22. The molecular formula is C66H85N19O17. The molecular weight excluding hydrogens is 1330 g/mol. The van der Waals surface area contributed by atoms with Crippen LogP contribution in [0.2, 0.25) is 0 Å². The van der Waals surface area contributed by atoms with Gasteiger partial charge in [-0.05, 0) is 29.8 Å². The molecule has 0 saturated heterocycles. The number of imidazole rings is 3. The third kappa shape index (κ3) is 26.8. The molecule has 0 radical (unpaired) electrons. The smallest absolute Gasteiger partial charge is 0.411 e. The zero-order chi connectivity index (χ0) is 72.4. The van der Waals surface area contributed by atoms with Crippen LogP contribution in [-0.2, 0) is 117 Å². The first kappa shape index (κ1) is 76.6. The fourth-order valence-electron chi connectivity index (χ4n) is 9.30. The van der Waals surface area contributed by atoms with Crippen molar-refractivity contribution in [2.45, 2.75) is 45.3 Å². The zero-order valence-electron chi connectivity index (χ0n) is 57.3. The fraction of sp³-hybridized carbons (Fsp3) is 0.409. The molecule has 8 rings (SSSR count). The maximum absolute atomic E-state index is 13.3. The quantitative estimate of drug-likeness (QED) is 0.0244. The minimum absolute atomic E-state index is 0.0447. The summed E-state index contributed by atoms with van der Waals surface area (Å²) in [5.41, 5.74) is 2.67. The topological polar surface area (TPSA) is 410 Å². The Bertz CT molecular complexity index is 4010. The largest absolute Gasteiger partial charge is 0.491 e. The first-order valence-corrected chi connectivity index (χ1v) is 32.5. The fourth-order valence-corrected chi connectivity index (χ4v) is 9.30. The van der Waals surface area contributed by atoms with Gasteiger partial charge in [-0.15, -0.1) is 5.10 Å². The third-order valence-electron chi connectivity index (χ3n) is 14.4. The van der Waals surface area contributed by atoms with Gasteiger partial charge in [-0.1, -0.05) is 35.5 Å². The number of carbonyl (C=O) groups excluding carboxylic acids is 8. The number of nitrogens with one attached hydrogen (secondary N) is 8. The van der Waals surface area contributed by atoms with E-state index in [1.165, 1.54) is 33.8 Å². The second kappa shape index (κ2) is 40.8. The molecule has 0 saturated carbocycles. The van der Waals surface area contributed by atoms with Crippen LogP contribution in [0.25, 0.3) is 0 Å². The minimum Gasteiger partial charge on any atom is -0.491 e. The average Bonchev–Trinajstić information content (AvgIpc) is 1.70. The van der Waals surface area contributed by atoms with E-state index in [-0.39, 0.29) is 67.9 Å². The summed E-state index contributed by atoms with van der Waals surface area (Å²) in [5.74, 6) is -1.51. The highest BCUT2D eigenvalue weighted by atomic mass is 16.6. The van der Waals surface area contributed by atoms with Crippen molar-refractivity contribution in [2.75, 3.05) is 142 Å². The lowest BCUT2D eigenvalue weighted by atomic mass is 10.2. The highest BCUT2D eigenvalue weighted by molar-refractivity contribution is 6.04. The summed E-state index contributed by atoms with van der Waals surface area (Å²) in [4.78, 5) is 115. The highest BCUT2D eigenvalue weighted by Gasteiger charge is 2.21. The van der Waals surface area contributed by atoms with Crippen molar-refractivity contribution < 1.29 is 81.0 Å². The molecule has 2 aromatic carbocycles. The zero-order valence-corrected chi connectivity index (χ0v) is 57.3. The molecule has 36 nitrogen and oxygen atoms in total. The number of amides is 8. The van der Waals surface area contributed by atoms with Crippen LogP contribution >= 0.6 is 0 Å². The Morgan fingerprint density at radius 2 is 0.922 bits per heavy atom. The molecule has 0 aliphatic rings. The number of ether oxygens (including phenoxy) is 9. The summed E-state index contributed by atoms with van der Waals surface area (Å²) in [6.07, 6.45) is 9.50. The van der Waals surface area contributed by atoms with E-state index in [1.807, 2.05) is 30.3 Å². The van der Waals surface area contributed by atoms with Crippen LogP contribution in [-0.4, -0.2) is 199 Å². The Hall–Kier alpha value is -11.2. The lowest BCUT2D eigenvalue weighted by molar-refractivity contribution is -0.121. The van der Waals surface area contributed by atoms with E-state index in [1.54, 1.807) is 109 Å². The van der Waals surface area contributed by atoms with Gasteiger partial charge in [0.15, 0.2) is 17.5 Å². The minimum atomic E-state index is -0.619. The van der Waals surface area contributed by atoms with Gasteiger partial charge in [0.05, 0.1) is 123 Å². The third-order valence-corrected chi connectivity index (χ3v) is 14.4.